The van der Waals surface area contributed by atoms with E-state index in [2.05, 4.69) is 23.1 Å². The first-order valence-electron chi connectivity index (χ1n) is 12.2. The summed E-state index contributed by atoms with van der Waals surface area (Å²) in [6, 6.07) is 12.2. The van der Waals surface area contributed by atoms with E-state index in [-0.39, 0.29) is 17.6 Å². The molecular formula is C27H26N4O3S2. The molecule has 2 fully saturated rings. The fraction of sp³-hybridized carbons (Fsp3) is 0.333. The van der Waals surface area contributed by atoms with E-state index < -0.39 is 0 Å². The van der Waals surface area contributed by atoms with Gasteiger partial charge in [0.2, 0.25) is 0 Å². The second kappa shape index (κ2) is 9.46. The first-order chi connectivity index (χ1) is 17.5. The Morgan fingerprint density at radius 2 is 2.03 bits per heavy atom. The van der Waals surface area contributed by atoms with E-state index >= 15 is 0 Å². The van der Waals surface area contributed by atoms with Gasteiger partial charge in [0.15, 0.2) is 0 Å². The fourth-order valence-corrected chi connectivity index (χ4v) is 6.38. The maximum absolute atomic E-state index is 13.8. The third-order valence-electron chi connectivity index (χ3n) is 7.05. The summed E-state index contributed by atoms with van der Waals surface area (Å²) in [5.41, 5.74) is 4.31. The van der Waals surface area contributed by atoms with Crippen molar-refractivity contribution < 1.29 is 9.53 Å². The number of ether oxygens (including phenoxy) is 1. The van der Waals surface area contributed by atoms with Crippen LogP contribution in [0.25, 0.3) is 11.7 Å². The molecule has 3 aliphatic rings. The Morgan fingerprint density at radius 3 is 2.83 bits per heavy atom. The van der Waals surface area contributed by atoms with Crippen LogP contribution in [-0.2, 0) is 22.5 Å². The second-order valence-corrected chi connectivity index (χ2v) is 11.1. The average Bonchev–Trinajstić information content (AvgIpc) is 3.50. The summed E-state index contributed by atoms with van der Waals surface area (Å²) in [4.78, 5) is 36.3. The van der Waals surface area contributed by atoms with Crippen LogP contribution in [0.3, 0.4) is 0 Å². The average molecular weight is 519 g/mol. The molecule has 5 heterocycles. The molecule has 0 N–H and O–H groups in total. The van der Waals surface area contributed by atoms with Gasteiger partial charge >= 0.3 is 0 Å². The van der Waals surface area contributed by atoms with Gasteiger partial charge in [-0.25, -0.2) is 4.98 Å². The largest absolute Gasteiger partial charge is 0.376 e. The molecule has 3 aliphatic heterocycles. The molecule has 1 atom stereocenters. The Bertz CT molecular complexity index is 1480. The van der Waals surface area contributed by atoms with Crippen molar-refractivity contribution in [3.63, 3.8) is 0 Å². The minimum absolute atomic E-state index is 0.00626. The van der Waals surface area contributed by atoms with Gasteiger partial charge in [0.05, 0.1) is 23.1 Å². The van der Waals surface area contributed by atoms with Gasteiger partial charge in [-0.2, -0.15) is 0 Å². The van der Waals surface area contributed by atoms with Crippen LogP contribution in [0.5, 0.6) is 0 Å². The Labute approximate surface area is 218 Å². The number of benzene rings is 1. The molecule has 7 nitrogen and oxygen atoms in total. The smallest absolute Gasteiger partial charge is 0.267 e. The van der Waals surface area contributed by atoms with Crippen LogP contribution in [0, 0.1) is 6.92 Å². The number of carbonyl (C=O) groups is 1. The lowest BCUT2D eigenvalue weighted by atomic mass is 9.99. The summed E-state index contributed by atoms with van der Waals surface area (Å²) in [5, 5.41) is 0. The van der Waals surface area contributed by atoms with Crippen molar-refractivity contribution in [2.24, 2.45) is 0 Å². The van der Waals surface area contributed by atoms with Gasteiger partial charge in [0, 0.05) is 25.9 Å². The Morgan fingerprint density at radius 1 is 1.19 bits per heavy atom. The molecule has 1 aromatic carbocycles. The molecule has 0 spiro atoms. The zero-order valence-corrected chi connectivity index (χ0v) is 21.6. The number of nitrogens with zero attached hydrogens (tertiary/aromatic N) is 4. The SMILES string of the molecule is Cc1cccn2c(=O)c(C=C3SC(=S)N(CC4CCCO4)C3=O)c(N3CCc4ccccc4C3)nc12. The summed E-state index contributed by atoms with van der Waals surface area (Å²) in [7, 11) is 0. The third-order valence-corrected chi connectivity index (χ3v) is 8.43. The summed E-state index contributed by atoms with van der Waals surface area (Å²) >= 11 is 6.78. The molecule has 3 aromatic rings. The van der Waals surface area contributed by atoms with Crippen molar-refractivity contribution in [2.75, 3.05) is 24.6 Å². The summed E-state index contributed by atoms with van der Waals surface area (Å²) in [6.45, 7) is 4.52. The van der Waals surface area contributed by atoms with Crippen molar-refractivity contribution in [2.45, 2.75) is 38.8 Å². The van der Waals surface area contributed by atoms with Crippen LogP contribution in [0.15, 0.2) is 52.3 Å². The fourth-order valence-electron chi connectivity index (χ4n) is 5.12. The number of carbonyl (C=O) groups excluding carboxylic acids is 1. The number of aryl methyl sites for hydroxylation is 1. The molecule has 0 saturated carbocycles. The number of anilines is 1. The molecule has 6 rings (SSSR count). The van der Waals surface area contributed by atoms with E-state index in [1.807, 2.05) is 25.1 Å². The highest BCUT2D eigenvalue weighted by Crippen LogP contribution is 2.35. The highest BCUT2D eigenvalue weighted by molar-refractivity contribution is 8.26. The number of rotatable bonds is 4. The minimum Gasteiger partial charge on any atom is -0.376 e. The van der Waals surface area contributed by atoms with E-state index in [9.17, 15) is 9.59 Å². The van der Waals surface area contributed by atoms with Crippen LogP contribution in [-0.4, -0.2) is 50.3 Å². The van der Waals surface area contributed by atoms with Crippen molar-refractivity contribution in [1.82, 2.24) is 14.3 Å². The van der Waals surface area contributed by atoms with Gasteiger partial charge in [-0.1, -0.05) is 54.3 Å². The Kier molecular flexibility index (Phi) is 6.15. The van der Waals surface area contributed by atoms with Gasteiger partial charge in [-0.3, -0.25) is 18.9 Å². The van der Waals surface area contributed by atoms with Gasteiger partial charge < -0.3 is 9.64 Å². The number of hydrogen-bond acceptors (Lipinski definition) is 7. The van der Waals surface area contributed by atoms with Crippen LogP contribution >= 0.6 is 24.0 Å². The number of fused-ring (bicyclic) bond motifs is 2. The summed E-state index contributed by atoms with van der Waals surface area (Å²) in [6.07, 6.45) is 6.21. The topological polar surface area (TPSA) is 67.2 Å². The van der Waals surface area contributed by atoms with E-state index in [4.69, 9.17) is 21.9 Å². The highest BCUT2D eigenvalue weighted by atomic mass is 32.2. The minimum atomic E-state index is -0.193. The number of thiocarbonyl (C=S) groups is 1. The molecule has 9 heteroatoms. The summed E-state index contributed by atoms with van der Waals surface area (Å²) in [5.74, 6) is 0.428. The lowest BCUT2D eigenvalue weighted by Gasteiger charge is -2.31. The molecule has 2 saturated heterocycles. The standard InChI is InChI=1S/C27H26N4O3S2/c1-17-6-4-11-30-23(17)28-24(29-12-10-18-7-2-3-8-19(18)15-29)21(25(30)32)14-22-26(33)31(27(35)36-22)16-20-9-5-13-34-20/h2-4,6-8,11,14,20H,5,9-10,12-13,15-16H2,1H3. The zero-order valence-electron chi connectivity index (χ0n) is 20.0. The number of aromatic nitrogens is 2. The second-order valence-electron chi connectivity index (χ2n) is 9.41. The third kappa shape index (κ3) is 4.15. The van der Waals surface area contributed by atoms with Gasteiger partial charge in [0.25, 0.3) is 11.5 Å². The van der Waals surface area contributed by atoms with Crippen molar-refractivity contribution in [1.29, 1.82) is 0 Å². The maximum atomic E-state index is 13.8. The number of amides is 1. The van der Waals surface area contributed by atoms with Crippen LogP contribution in [0.1, 0.15) is 35.1 Å². The highest BCUT2D eigenvalue weighted by Gasteiger charge is 2.35. The van der Waals surface area contributed by atoms with Gasteiger partial charge in [-0.05, 0) is 55.0 Å². The number of hydrogen-bond donors (Lipinski definition) is 0. The predicted molar refractivity (Wildman–Crippen MR) is 146 cm³/mol. The Hall–Kier alpha value is -3.01. The molecule has 1 unspecified atom stereocenters. The van der Waals surface area contributed by atoms with E-state index in [1.54, 1.807) is 21.6 Å². The number of pyridine rings is 1. The van der Waals surface area contributed by atoms with Crippen LogP contribution in [0.2, 0.25) is 0 Å². The van der Waals surface area contributed by atoms with E-state index in [0.717, 1.165) is 38.0 Å². The molecule has 36 heavy (non-hydrogen) atoms. The first-order valence-corrected chi connectivity index (χ1v) is 13.4. The monoisotopic (exact) mass is 518 g/mol. The van der Waals surface area contributed by atoms with E-state index in [1.165, 1.54) is 22.9 Å². The zero-order chi connectivity index (χ0) is 24.8. The van der Waals surface area contributed by atoms with Crippen molar-refractivity contribution in [3.8, 4) is 0 Å². The molecule has 0 bridgehead atoms. The summed E-state index contributed by atoms with van der Waals surface area (Å²) < 4.78 is 7.78. The molecule has 1 amide bonds. The first kappa shape index (κ1) is 23.4. The van der Waals surface area contributed by atoms with Crippen molar-refractivity contribution >= 4 is 51.7 Å². The van der Waals surface area contributed by atoms with Crippen LogP contribution in [0.4, 0.5) is 5.82 Å². The normalized spacial score (nSPS) is 21.1. The van der Waals surface area contributed by atoms with Crippen molar-refractivity contribution in [3.05, 3.63) is 80.1 Å². The van der Waals surface area contributed by atoms with Crippen LogP contribution < -0.4 is 10.5 Å². The Balaban J connectivity index is 1.43. The molecule has 2 aromatic heterocycles. The predicted octanol–water partition coefficient (Wildman–Crippen LogP) is 3.95. The molecule has 0 radical (unpaired) electrons. The maximum Gasteiger partial charge on any atom is 0.267 e. The lowest BCUT2D eigenvalue weighted by molar-refractivity contribution is -0.123. The molecular weight excluding hydrogens is 492 g/mol. The van der Waals surface area contributed by atoms with Gasteiger partial charge in [-0.15, -0.1) is 0 Å². The molecule has 0 aliphatic carbocycles. The van der Waals surface area contributed by atoms with Gasteiger partial charge in [0.1, 0.15) is 15.8 Å². The lowest BCUT2D eigenvalue weighted by Crippen LogP contribution is -2.35. The van der Waals surface area contributed by atoms with E-state index in [0.29, 0.717) is 39.3 Å². The quantitative estimate of drug-likeness (QED) is 0.383. The number of thioether (sulfide) groups is 1. The molecule has 184 valence electrons.